The van der Waals surface area contributed by atoms with Crippen molar-refractivity contribution in [1.29, 1.82) is 5.26 Å². The summed E-state index contributed by atoms with van der Waals surface area (Å²) < 4.78 is 36.5. The number of urea groups is 1. The Bertz CT molecular complexity index is 1630. The first-order valence-electron chi connectivity index (χ1n) is 11.6. The minimum Gasteiger partial charge on any atom is -0.332 e. The van der Waals surface area contributed by atoms with Gasteiger partial charge in [-0.2, -0.15) is 13.7 Å². The number of aromatic nitrogens is 1. The Morgan fingerprint density at radius 3 is 2.54 bits per heavy atom. The lowest BCUT2D eigenvalue weighted by atomic mass is 10.0. The third-order valence-electron chi connectivity index (χ3n) is 6.24. The fourth-order valence-electron chi connectivity index (χ4n) is 4.20. The minimum absolute atomic E-state index is 0.0240. The van der Waals surface area contributed by atoms with Crippen LogP contribution >= 0.6 is 22.9 Å². The molecular weight excluding hydrogens is 566 g/mol. The lowest BCUT2D eigenvalue weighted by Gasteiger charge is -2.34. The molecule has 0 saturated carbocycles. The van der Waals surface area contributed by atoms with Crippen molar-refractivity contribution in [3.63, 3.8) is 0 Å². The molecule has 1 saturated heterocycles. The van der Waals surface area contributed by atoms with Crippen LogP contribution in [0.25, 0.3) is 10.2 Å². The van der Waals surface area contributed by atoms with Gasteiger partial charge in [-0.15, -0.1) is 0 Å². The number of thiazole rings is 1. The molecule has 1 unspecified atom stereocenters. The smallest absolute Gasteiger partial charge is 0.321 e. The highest BCUT2D eigenvalue weighted by Gasteiger charge is 2.57. The SMILES string of the molecule is CC(C)(CN)NC(=O)Nc1nc2cc(N3C(S(=O)(=O)O)N(c4ccc(C#N)c(Cl)c4)C(=O)C3(C)C)ccc2s1. The predicted octanol–water partition coefficient (Wildman–Crippen LogP) is 3.48. The molecule has 1 fully saturated rings. The second-order valence-electron chi connectivity index (χ2n) is 10.1. The Kier molecular flexibility index (Phi) is 7.26. The number of benzene rings is 2. The molecule has 1 atom stereocenters. The van der Waals surface area contributed by atoms with E-state index in [1.165, 1.54) is 48.3 Å². The number of hydrogen-bond donors (Lipinski definition) is 4. The number of amides is 3. The molecule has 5 N–H and O–H groups in total. The van der Waals surface area contributed by atoms with E-state index < -0.39 is 38.6 Å². The van der Waals surface area contributed by atoms with Crippen molar-refractivity contribution in [2.75, 3.05) is 21.7 Å². The molecule has 12 nitrogen and oxygen atoms in total. The summed E-state index contributed by atoms with van der Waals surface area (Å²) in [4.78, 5) is 32.6. The fraction of sp³-hybridized carbons (Fsp3) is 0.333. The van der Waals surface area contributed by atoms with Crippen LogP contribution in [0.4, 0.5) is 21.3 Å². The highest BCUT2D eigenvalue weighted by molar-refractivity contribution is 7.86. The molecule has 2 heterocycles. The summed E-state index contributed by atoms with van der Waals surface area (Å²) in [5.74, 6) is -0.620. The zero-order chi connectivity index (χ0) is 28.9. The summed E-state index contributed by atoms with van der Waals surface area (Å²) in [6.07, 6.45) is 0. The van der Waals surface area contributed by atoms with Crippen LogP contribution in [0.1, 0.15) is 33.3 Å². The molecule has 3 aromatic rings. The summed E-state index contributed by atoms with van der Waals surface area (Å²) in [7, 11) is -4.88. The molecule has 2 aromatic carbocycles. The van der Waals surface area contributed by atoms with Crippen LogP contribution in [-0.4, -0.2) is 53.0 Å². The number of nitrogens with two attached hydrogens (primary N) is 1. The molecule has 0 spiro atoms. The van der Waals surface area contributed by atoms with Gasteiger partial charge in [-0.05, 0) is 64.1 Å². The van der Waals surface area contributed by atoms with Gasteiger partial charge in [-0.25, -0.2) is 9.78 Å². The number of nitrogens with one attached hydrogen (secondary N) is 2. The topological polar surface area (TPSA) is 182 Å². The van der Waals surface area contributed by atoms with Crippen molar-refractivity contribution in [1.82, 2.24) is 10.3 Å². The maximum Gasteiger partial charge on any atom is 0.321 e. The lowest BCUT2D eigenvalue weighted by molar-refractivity contribution is -0.120. The predicted molar refractivity (Wildman–Crippen MR) is 150 cm³/mol. The zero-order valence-electron chi connectivity index (χ0n) is 21.4. The molecule has 1 aliphatic heterocycles. The summed E-state index contributed by atoms with van der Waals surface area (Å²) in [6, 6.07) is 10.3. The van der Waals surface area contributed by atoms with E-state index in [2.05, 4.69) is 15.6 Å². The van der Waals surface area contributed by atoms with E-state index in [1.54, 1.807) is 32.0 Å². The van der Waals surface area contributed by atoms with Gasteiger partial charge in [0, 0.05) is 23.5 Å². The molecule has 1 aliphatic rings. The highest BCUT2D eigenvalue weighted by atomic mass is 35.5. The molecule has 206 valence electrons. The molecule has 0 bridgehead atoms. The quantitative estimate of drug-likeness (QED) is 0.312. The van der Waals surface area contributed by atoms with Crippen LogP contribution in [-0.2, 0) is 14.9 Å². The molecule has 4 rings (SSSR count). The van der Waals surface area contributed by atoms with Crippen molar-refractivity contribution < 1.29 is 22.6 Å². The summed E-state index contributed by atoms with van der Waals surface area (Å²) >= 11 is 7.36. The minimum atomic E-state index is -4.88. The Morgan fingerprint density at radius 2 is 1.95 bits per heavy atom. The van der Waals surface area contributed by atoms with E-state index in [0.29, 0.717) is 15.3 Å². The lowest BCUT2D eigenvalue weighted by Crippen LogP contribution is -2.50. The van der Waals surface area contributed by atoms with E-state index >= 15 is 0 Å². The van der Waals surface area contributed by atoms with Crippen LogP contribution in [0.2, 0.25) is 5.02 Å². The van der Waals surface area contributed by atoms with Gasteiger partial charge < -0.3 is 16.0 Å². The number of anilines is 3. The molecular formula is C24H26ClN7O5S2. The number of halogens is 1. The van der Waals surface area contributed by atoms with E-state index in [0.717, 1.165) is 4.90 Å². The Labute approximate surface area is 234 Å². The van der Waals surface area contributed by atoms with E-state index in [-0.39, 0.29) is 28.5 Å². The fourth-order valence-corrected chi connectivity index (χ4v) is 6.40. The van der Waals surface area contributed by atoms with Crippen molar-refractivity contribution >= 4 is 71.7 Å². The average Bonchev–Trinajstić information content (AvgIpc) is 3.32. The third kappa shape index (κ3) is 5.36. The largest absolute Gasteiger partial charge is 0.332 e. The number of fused-ring (bicyclic) bond motifs is 1. The van der Waals surface area contributed by atoms with Gasteiger partial charge in [-0.1, -0.05) is 22.9 Å². The molecule has 3 amide bonds. The van der Waals surface area contributed by atoms with Gasteiger partial charge in [0.15, 0.2) is 5.13 Å². The first kappa shape index (κ1) is 28.5. The van der Waals surface area contributed by atoms with Crippen LogP contribution in [0.3, 0.4) is 0 Å². The number of rotatable bonds is 6. The maximum absolute atomic E-state index is 13.6. The van der Waals surface area contributed by atoms with Crippen molar-refractivity contribution in [2.45, 2.75) is 44.3 Å². The van der Waals surface area contributed by atoms with Crippen molar-refractivity contribution in [3.05, 3.63) is 47.0 Å². The molecule has 15 heteroatoms. The Morgan fingerprint density at radius 1 is 1.28 bits per heavy atom. The summed E-state index contributed by atoms with van der Waals surface area (Å²) in [5.41, 5.74) is 2.73. The maximum atomic E-state index is 13.6. The first-order chi connectivity index (χ1) is 18.1. The number of carbonyl (C=O) groups excluding carboxylic acids is 2. The second kappa shape index (κ2) is 9.92. The van der Waals surface area contributed by atoms with E-state index in [1.807, 2.05) is 6.07 Å². The van der Waals surface area contributed by atoms with E-state index in [4.69, 9.17) is 17.3 Å². The van der Waals surface area contributed by atoms with Crippen LogP contribution in [0.5, 0.6) is 0 Å². The van der Waals surface area contributed by atoms with Gasteiger partial charge in [0.25, 0.3) is 5.91 Å². The van der Waals surface area contributed by atoms with Crippen LogP contribution < -0.4 is 26.2 Å². The zero-order valence-corrected chi connectivity index (χ0v) is 23.8. The number of carbonyl (C=O) groups is 2. The summed E-state index contributed by atoms with van der Waals surface area (Å²) in [5, 5.41) is 14.9. The van der Waals surface area contributed by atoms with Crippen molar-refractivity contribution in [3.8, 4) is 6.07 Å². The second-order valence-corrected chi connectivity index (χ2v) is 12.9. The molecule has 1 aromatic heterocycles. The van der Waals surface area contributed by atoms with Crippen molar-refractivity contribution in [2.24, 2.45) is 5.73 Å². The first-order valence-corrected chi connectivity index (χ1v) is 14.3. The Balaban J connectivity index is 1.75. The number of nitrogens with zero attached hydrogens (tertiary/aromatic N) is 4. The number of nitriles is 1. The Hall–Kier alpha value is -3.48. The average molecular weight is 592 g/mol. The standard InChI is InChI=1S/C24H26ClN7O5S2/c1-23(2,12-27)30-20(34)29-21-28-17-10-15(7-8-18(17)38-21)32-22(39(35,36)37)31(19(33)24(32,3)4)14-6-5-13(11-26)16(25)9-14/h5-10,22H,12,27H2,1-4H3,(H,35,36,37)(H2,28,29,30,34). The van der Waals surface area contributed by atoms with Gasteiger partial charge in [0.1, 0.15) is 11.6 Å². The molecule has 0 aliphatic carbocycles. The molecule has 39 heavy (non-hydrogen) atoms. The number of hydrogen-bond acceptors (Lipinski definition) is 9. The van der Waals surface area contributed by atoms with E-state index in [9.17, 15) is 27.8 Å². The molecule has 0 radical (unpaired) electrons. The van der Waals surface area contributed by atoms with Crippen LogP contribution in [0, 0.1) is 11.3 Å². The van der Waals surface area contributed by atoms with Gasteiger partial charge >= 0.3 is 16.1 Å². The third-order valence-corrected chi connectivity index (χ3v) is 8.45. The van der Waals surface area contributed by atoms with Gasteiger partial charge in [0.05, 0.1) is 20.8 Å². The summed E-state index contributed by atoms with van der Waals surface area (Å²) in [6.45, 7) is 6.84. The normalized spacial score (nSPS) is 17.4. The van der Waals surface area contributed by atoms with Gasteiger partial charge in [0.2, 0.25) is 5.50 Å². The van der Waals surface area contributed by atoms with Crippen LogP contribution in [0.15, 0.2) is 36.4 Å². The van der Waals surface area contributed by atoms with Gasteiger partial charge in [-0.3, -0.25) is 19.6 Å². The monoisotopic (exact) mass is 591 g/mol. The highest BCUT2D eigenvalue weighted by Crippen LogP contribution is 2.42.